The minimum atomic E-state index is -0.918. The van der Waals surface area contributed by atoms with Gasteiger partial charge in [0.25, 0.3) is 11.8 Å². The maximum atomic E-state index is 13.1. The summed E-state index contributed by atoms with van der Waals surface area (Å²) in [5.74, 6) is -1.57. The van der Waals surface area contributed by atoms with Crippen molar-refractivity contribution in [3.05, 3.63) is 70.7 Å². The summed E-state index contributed by atoms with van der Waals surface area (Å²) in [7, 11) is 0. The highest BCUT2D eigenvalue weighted by molar-refractivity contribution is 7.17. The Bertz CT molecular complexity index is 1020. The van der Waals surface area contributed by atoms with Crippen LogP contribution in [0.5, 0.6) is 5.75 Å². The fourth-order valence-electron chi connectivity index (χ4n) is 2.37. The van der Waals surface area contributed by atoms with Crippen LogP contribution in [0.1, 0.15) is 22.3 Å². The number of nitrogens with zero attached hydrogens (tertiary/aromatic N) is 1. The zero-order chi connectivity index (χ0) is 21.0. The van der Waals surface area contributed by atoms with E-state index in [4.69, 9.17) is 4.74 Å². The van der Waals surface area contributed by atoms with E-state index in [0.29, 0.717) is 26.9 Å². The van der Waals surface area contributed by atoms with E-state index in [-0.39, 0.29) is 5.82 Å². The van der Waals surface area contributed by atoms with Crippen LogP contribution in [0.25, 0.3) is 10.6 Å². The molecule has 29 heavy (non-hydrogen) atoms. The molecule has 3 aromatic rings. The van der Waals surface area contributed by atoms with Crippen molar-refractivity contribution in [2.75, 3.05) is 0 Å². The van der Waals surface area contributed by atoms with Crippen LogP contribution in [0.4, 0.5) is 8.78 Å². The summed E-state index contributed by atoms with van der Waals surface area (Å²) in [5, 5.41) is 0.562. The third-order valence-corrected chi connectivity index (χ3v) is 5.09. The summed E-state index contributed by atoms with van der Waals surface area (Å²) in [6, 6.07) is 11.0. The van der Waals surface area contributed by atoms with Gasteiger partial charge in [-0.15, -0.1) is 11.3 Å². The molecule has 0 bridgehead atoms. The Labute approximate surface area is 169 Å². The van der Waals surface area contributed by atoms with Crippen LogP contribution in [0, 0.1) is 18.6 Å². The zero-order valence-electron chi connectivity index (χ0n) is 15.5. The second-order valence-electron chi connectivity index (χ2n) is 6.10. The molecule has 0 aliphatic heterocycles. The van der Waals surface area contributed by atoms with Crippen LogP contribution < -0.4 is 15.6 Å². The quantitative estimate of drug-likeness (QED) is 0.622. The van der Waals surface area contributed by atoms with Gasteiger partial charge in [0.05, 0.1) is 5.69 Å². The van der Waals surface area contributed by atoms with E-state index >= 15 is 0 Å². The smallest absolute Gasteiger partial charge is 0.281 e. The summed E-state index contributed by atoms with van der Waals surface area (Å²) in [6.07, 6.45) is -0.918. The van der Waals surface area contributed by atoms with Crippen LogP contribution in [0.15, 0.2) is 48.5 Å². The molecular weight excluding hydrogens is 400 g/mol. The highest BCUT2D eigenvalue weighted by atomic mass is 32.1. The van der Waals surface area contributed by atoms with Crippen molar-refractivity contribution < 1.29 is 23.1 Å². The van der Waals surface area contributed by atoms with Gasteiger partial charge >= 0.3 is 0 Å². The number of benzene rings is 2. The van der Waals surface area contributed by atoms with Crippen molar-refractivity contribution in [3.63, 3.8) is 0 Å². The molecule has 1 unspecified atom stereocenters. The first-order valence-corrected chi connectivity index (χ1v) is 9.41. The Morgan fingerprint density at radius 1 is 1.00 bits per heavy atom. The highest BCUT2D eigenvalue weighted by Gasteiger charge is 2.19. The summed E-state index contributed by atoms with van der Waals surface area (Å²) in [6.45, 7) is 3.16. The minimum Gasteiger partial charge on any atom is -0.481 e. The van der Waals surface area contributed by atoms with Gasteiger partial charge in [0.1, 0.15) is 27.3 Å². The normalized spacial score (nSPS) is 11.6. The molecule has 6 nitrogen and oxygen atoms in total. The molecule has 0 spiro atoms. The van der Waals surface area contributed by atoms with Gasteiger partial charge in [-0.1, -0.05) is 0 Å². The molecule has 0 fully saturated rings. The molecule has 2 aromatic carbocycles. The van der Waals surface area contributed by atoms with Crippen LogP contribution >= 0.6 is 11.3 Å². The summed E-state index contributed by atoms with van der Waals surface area (Å²) >= 11 is 1.13. The molecule has 1 aromatic heterocycles. The predicted octanol–water partition coefficient (Wildman–Crippen LogP) is 3.63. The van der Waals surface area contributed by atoms with Gasteiger partial charge < -0.3 is 4.74 Å². The lowest BCUT2D eigenvalue weighted by atomic mass is 10.2. The van der Waals surface area contributed by atoms with Crippen LogP contribution in [0.2, 0.25) is 0 Å². The summed E-state index contributed by atoms with van der Waals surface area (Å²) < 4.78 is 31.4. The molecule has 0 saturated carbocycles. The number of nitrogens with one attached hydrogen (secondary N) is 2. The third-order valence-electron chi connectivity index (χ3n) is 3.89. The number of carbonyl (C=O) groups is 2. The van der Waals surface area contributed by atoms with E-state index in [9.17, 15) is 18.4 Å². The van der Waals surface area contributed by atoms with E-state index in [1.807, 2.05) is 0 Å². The topological polar surface area (TPSA) is 80.3 Å². The third kappa shape index (κ3) is 5.14. The summed E-state index contributed by atoms with van der Waals surface area (Å²) in [5.41, 5.74) is 5.78. The number of halogens is 2. The van der Waals surface area contributed by atoms with Crippen molar-refractivity contribution in [1.29, 1.82) is 0 Å². The van der Waals surface area contributed by atoms with Crippen molar-refractivity contribution >= 4 is 23.2 Å². The lowest BCUT2D eigenvalue weighted by Crippen LogP contribution is -2.47. The molecule has 0 aliphatic carbocycles. The van der Waals surface area contributed by atoms with Crippen molar-refractivity contribution in [2.45, 2.75) is 20.0 Å². The Kier molecular flexibility index (Phi) is 6.18. The van der Waals surface area contributed by atoms with Gasteiger partial charge in [-0.05, 0) is 62.4 Å². The van der Waals surface area contributed by atoms with Crippen LogP contribution in [-0.2, 0) is 4.79 Å². The molecule has 0 radical (unpaired) electrons. The number of carbonyl (C=O) groups excluding carboxylic acids is 2. The fourth-order valence-corrected chi connectivity index (χ4v) is 3.34. The number of aryl methyl sites for hydroxylation is 1. The number of aromatic nitrogens is 1. The van der Waals surface area contributed by atoms with Gasteiger partial charge in [0.2, 0.25) is 0 Å². The lowest BCUT2D eigenvalue weighted by molar-refractivity contribution is -0.128. The van der Waals surface area contributed by atoms with Crippen LogP contribution in [-0.4, -0.2) is 22.9 Å². The number of rotatable bonds is 5. The predicted molar refractivity (Wildman–Crippen MR) is 104 cm³/mol. The van der Waals surface area contributed by atoms with Gasteiger partial charge in [0.15, 0.2) is 6.10 Å². The Balaban J connectivity index is 1.59. The van der Waals surface area contributed by atoms with E-state index < -0.39 is 23.7 Å². The molecule has 3 rings (SSSR count). The molecule has 0 saturated heterocycles. The highest BCUT2D eigenvalue weighted by Crippen LogP contribution is 2.27. The molecule has 9 heteroatoms. The SMILES string of the molecule is Cc1nc(-c2ccc(F)cc2)sc1C(=O)NNC(=O)C(C)Oc1ccc(F)cc1. The number of amides is 2. The largest absolute Gasteiger partial charge is 0.481 e. The molecular formula is C20H17F2N3O3S. The molecule has 0 aliphatic rings. The Morgan fingerprint density at radius 2 is 1.59 bits per heavy atom. The number of ether oxygens (including phenoxy) is 1. The van der Waals surface area contributed by atoms with E-state index in [2.05, 4.69) is 15.8 Å². The monoisotopic (exact) mass is 417 g/mol. The second-order valence-corrected chi connectivity index (χ2v) is 7.10. The first-order valence-electron chi connectivity index (χ1n) is 8.59. The minimum absolute atomic E-state index is 0.316. The Hall–Kier alpha value is -3.33. The molecule has 2 N–H and O–H groups in total. The van der Waals surface area contributed by atoms with Gasteiger partial charge in [-0.2, -0.15) is 0 Å². The summed E-state index contributed by atoms with van der Waals surface area (Å²) in [4.78, 5) is 29.2. The van der Waals surface area contributed by atoms with E-state index in [1.54, 1.807) is 19.1 Å². The molecule has 1 atom stereocenters. The number of hydrogen-bond donors (Lipinski definition) is 2. The van der Waals surface area contributed by atoms with Crippen molar-refractivity contribution in [3.8, 4) is 16.3 Å². The maximum absolute atomic E-state index is 13.1. The molecule has 150 valence electrons. The Morgan fingerprint density at radius 3 is 2.21 bits per heavy atom. The number of thiazole rings is 1. The first kappa shape index (κ1) is 20.4. The van der Waals surface area contributed by atoms with Gasteiger partial charge in [-0.25, -0.2) is 13.8 Å². The van der Waals surface area contributed by atoms with Gasteiger partial charge in [0, 0.05) is 5.56 Å². The average Bonchev–Trinajstić information content (AvgIpc) is 3.09. The van der Waals surface area contributed by atoms with Gasteiger partial charge in [-0.3, -0.25) is 20.4 Å². The standard InChI is InChI=1S/C20H17F2N3O3S/c1-11-17(29-20(23-11)13-3-5-14(21)6-4-13)19(27)25-24-18(26)12(2)28-16-9-7-15(22)8-10-16/h3-10,12H,1-2H3,(H,24,26)(H,25,27). The van der Waals surface area contributed by atoms with E-state index in [1.165, 1.54) is 43.3 Å². The van der Waals surface area contributed by atoms with Crippen molar-refractivity contribution in [2.24, 2.45) is 0 Å². The van der Waals surface area contributed by atoms with Crippen LogP contribution in [0.3, 0.4) is 0 Å². The first-order chi connectivity index (χ1) is 13.8. The molecule has 1 heterocycles. The zero-order valence-corrected chi connectivity index (χ0v) is 16.3. The number of hydrogen-bond acceptors (Lipinski definition) is 5. The lowest BCUT2D eigenvalue weighted by Gasteiger charge is -2.15. The fraction of sp³-hybridized carbons (Fsp3) is 0.150. The van der Waals surface area contributed by atoms with E-state index in [0.717, 1.165) is 11.3 Å². The number of hydrazine groups is 1. The maximum Gasteiger partial charge on any atom is 0.281 e. The molecule has 2 amide bonds. The van der Waals surface area contributed by atoms with Crippen molar-refractivity contribution in [1.82, 2.24) is 15.8 Å². The average molecular weight is 417 g/mol. The second kappa shape index (κ2) is 8.78.